The Morgan fingerprint density at radius 2 is 1.61 bits per heavy atom. The van der Waals surface area contributed by atoms with Crippen molar-refractivity contribution in [3.63, 3.8) is 0 Å². The van der Waals surface area contributed by atoms with Crippen LogP contribution in [-0.4, -0.2) is 41.2 Å². The molecule has 0 bridgehead atoms. The molecule has 0 aliphatic carbocycles. The highest BCUT2D eigenvalue weighted by atomic mass is 35.5. The Morgan fingerprint density at radius 3 is 2.04 bits per heavy atom. The Balaban J connectivity index is 0.00000264. The summed E-state index contributed by atoms with van der Waals surface area (Å²) in [7, 11) is 0. The molecule has 0 atom stereocenters. The van der Waals surface area contributed by atoms with Gasteiger partial charge in [-0.1, -0.05) is 26.0 Å². The lowest BCUT2D eigenvalue weighted by Crippen LogP contribution is -2.51. The Bertz CT molecular complexity index is 579. The van der Waals surface area contributed by atoms with Gasteiger partial charge in [-0.15, -0.1) is 12.4 Å². The minimum Gasteiger partial charge on any atom is -0.353 e. The molecule has 1 aliphatic heterocycles. The van der Waals surface area contributed by atoms with Crippen LogP contribution in [0.1, 0.15) is 47.4 Å². The summed E-state index contributed by atoms with van der Waals surface area (Å²) < 4.78 is 0. The number of nitrogens with two attached hydrogens (primary N) is 1. The van der Waals surface area contributed by atoms with Gasteiger partial charge in [-0.2, -0.15) is 0 Å². The molecule has 7 heteroatoms. The van der Waals surface area contributed by atoms with E-state index in [1.54, 1.807) is 24.3 Å². The first-order valence-electron chi connectivity index (χ1n) is 7.42. The van der Waals surface area contributed by atoms with Crippen LogP contribution in [-0.2, 0) is 4.79 Å². The molecule has 1 heterocycles. The number of carbonyl (C=O) groups is 3. The van der Waals surface area contributed by atoms with E-state index < -0.39 is 17.4 Å². The maximum atomic E-state index is 12.2. The SMILES string of the molecule is CCC(N)(CC)CNC(=O)CN1C(=O)c2ccccc2C1=O.Cl. The summed E-state index contributed by atoms with van der Waals surface area (Å²) in [5.74, 6) is -1.24. The highest BCUT2D eigenvalue weighted by Gasteiger charge is 2.36. The Labute approximate surface area is 141 Å². The van der Waals surface area contributed by atoms with Crippen molar-refractivity contribution in [1.82, 2.24) is 10.2 Å². The minimum atomic E-state index is -0.461. The first-order chi connectivity index (χ1) is 10.4. The van der Waals surface area contributed by atoms with Crippen molar-refractivity contribution < 1.29 is 14.4 Å². The van der Waals surface area contributed by atoms with Crippen LogP contribution in [0.2, 0.25) is 0 Å². The molecular formula is C16H22ClN3O3. The zero-order valence-corrected chi connectivity index (χ0v) is 14.1. The molecule has 6 nitrogen and oxygen atoms in total. The van der Waals surface area contributed by atoms with Crippen LogP contribution in [0.3, 0.4) is 0 Å². The van der Waals surface area contributed by atoms with Crippen molar-refractivity contribution in [2.24, 2.45) is 5.73 Å². The first-order valence-corrected chi connectivity index (χ1v) is 7.42. The predicted molar refractivity (Wildman–Crippen MR) is 89.6 cm³/mol. The third kappa shape index (κ3) is 3.89. The minimum absolute atomic E-state index is 0. The van der Waals surface area contributed by atoms with Crippen LogP contribution < -0.4 is 11.1 Å². The van der Waals surface area contributed by atoms with Crippen molar-refractivity contribution >= 4 is 30.1 Å². The fourth-order valence-electron chi connectivity index (χ4n) is 2.36. The number of benzene rings is 1. The Morgan fingerprint density at radius 1 is 1.13 bits per heavy atom. The first kappa shape index (κ1) is 19.1. The van der Waals surface area contributed by atoms with E-state index in [0.29, 0.717) is 17.7 Å². The molecule has 1 aromatic carbocycles. The van der Waals surface area contributed by atoms with Gasteiger partial charge in [0.05, 0.1) is 11.1 Å². The standard InChI is InChI=1S/C16H21N3O3.ClH/c1-3-16(17,4-2)10-18-13(20)9-19-14(21)11-7-5-6-8-12(11)15(19)22;/h5-8H,3-4,9-10,17H2,1-2H3,(H,18,20);1H. The molecule has 0 spiro atoms. The maximum Gasteiger partial charge on any atom is 0.262 e. The van der Waals surface area contributed by atoms with Gasteiger partial charge in [0.15, 0.2) is 0 Å². The molecular weight excluding hydrogens is 318 g/mol. The molecule has 0 unspecified atom stereocenters. The molecule has 0 aromatic heterocycles. The topological polar surface area (TPSA) is 92.5 Å². The molecule has 3 N–H and O–H groups in total. The molecule has 1 aromatic rings. The summed E-state index contributed by atoms with van der Waals surface area (Å²) >= 11 is 0. The summed E-state index contributed by atoms with van der Waals surface area (Å²) in [4.78, 5) is 37.3. The average molecular weight is 340 g/mol. The molecule has 23 heavy (non-hydrogen) atoms. The van der Waals surface area contributed by atoms with E-state index in [0.717, 1.165) is 17.7 Å². The third-order valence-corrected chi connectivity index (χ3v) is 4.23. The van der Waals surface area contributed by atoms with E-state index >= 15 is 0 Å². The van der Waals surface area contributed by atoms with Gasteiger partial charge in [-0.05, 0) is 25.0 Å². The highest BCUT2D eigenvalue weighted by molar-refractivity contribution is 6.22. The van der Waals surface area contributed by atoms with Crippen LogP contribution in [0.15, 0.2) is 24.3 Å². The van der Waals surface area contributed by atoms with Gasteiger partial charge in [-0.25, -0.2) is 0 Å². The quantitative estimate of drug-likeness (QED) is 0.765. The van der Waals surface area contributed by atoms with E-state index in [-0.39, 0.29) is 24.9 Å². The number of halogens is 1. The van der Waals surface area contributed by atoms with Gasteiger partial charge >= 0.3 is 0 Å². The molecule has 0 fully saturated rings. The monoisotopic (exact) mass is 339 g/mol. The summed E-state index contributed by atoms with van der Waals surface area (Å²) in [6.07, 6.45) is 1.47. The zero-order valence-electron chi connectivity index (χ0n) is 13.3. The molecule has 126 valence electrons. The number of fused-ring (bicyclic) bond motifs is 1. The number of nitrogens with zero attached hydrogens (tertiary/aromatic N) is 1. The number of amides is 3. The van der Waals surface area contributed by atoms with E-state index in [9.17, 15) is 14.4 Å². The van der Waals surface area contributed by atoms with E-state index in [1.165, 1.54) is 0 Å². The van der Waals surface area contributed by atoms with Crippen LogP contribution in [0.4, 0.5) is 0 Å². The number of nitrogens with one attached hydrogen (secondary N) is 1. The lowest BCUT2D eigenvalue weighted by Gasteiger charge is -2.27. The molecule has 0 saturated carbocycles. The third-order valence-electron chi connectivity index (χ3n) is 4.23. The van der Waals surface area contributed by atoms with Crippen molar-refractivity contribution in [3.05, 3.63) is 35.4 Å². The molecule has 3 amide bonds. The second-order valence-corrected chi connectivity index (χ2v) is 5.59. The number of imide groups is 1. The van der Waals surface area contributed by atoms with Crippen LogP contribution in [0.5, 0.6) is 0 Å². The predicted octanol–water partition coefficient (Wildman–Crippen LogP) is 1.34. The van der Waals surface area contributed by atoms with Crippen LogP contribution in [0.25, 0.3) is 0 Å². The summed E-state index contributed by atoms with van der Waals surface area (Å²) in [6, 6.07) is 6.57. The fraction of sp³-hybridized carbons (Fsp3) is 0.438. The molecule has 0 radical (unpaired) electrons. The van der Waals surface area contributed by atoms with Gasteiger partial charge in [0.25, 0.3) is 11.8 Å². The van der Waals surface area contributed by atoms with Gasteiger partial charge in [0, 0.05) is 12.1 Å². The van der Waals surface area contributed by atoms with Crippen molar-refractivity contribution in [2.75, 3.05) is 13.1 Å². The van der Waals surface area contributed by atoms with E-state index in [2.05, 4.69) is 5.32 Å². The normalized spacial score (nSPS) is 13.6. The average Bonchev–Trinajstić information content (AvgIpc) is 2.78. The van der Waals surface area contributed by atoms with Crippen LogP contribution >= 0.6 is 12.4 Å². The van der Waals surface area contributed by atoms with Gasteiger partial charge in [0.2, 0.25) is 5.91 Å². The van der Waals surface area contributed by atoms with E-state index in [4.69, 9.17) is 5.73 Å². The second kappa shape index (κ2) is 7.57. The Kier molecular flexibility index (Phi) is 6.29. The highest BCUT2D eigenvalue weighted by Crippen LogP contribution is 2.21. The largest absolute Gasteiger partial charge is 0.353 e. The van der Waals surface area contributed by atoms with Crippen LogP contribution in [0, 0.1) is 0 Å². The lowest BCUT2D eigenvalue weighted by atomic mass is 9.94. The Hall–Kier alpha value is -1.92. The van der Waals surface area contributed by atoms with E-state index in [1.807, 2.05) is 13.8 Å². The van der Waals surface area contributed by atoms with Gasteiger partial charge in [-0.3, -0.25) is 19.3 Å². The smallest absolute Gasteiger partial charge is 0.262 e. The van der Waals surface area contributed by atoms with Gasteiger partial charge < -0.3 is 11.1 Å². The summed E-state index contributed by atoms with van der Waals surface area (Å²) in [5.41, 5.74) is 6.34. The zero-order chi connectivity index (χ0) is 16.3. The summed E-state index contributed by atoms with van der Waals surface area (Å²) in [5, 5.41) is 2.71. The number of hydrogen-bond donors (Lipinski definition) is 2. The van der Waals surface area contributed by atoms with Gasteiger partial charge in [0.1, 0.15) is 6.54 Å². The molecule has 2 rings (SSSR count). The maximum absolute atomic E-state index is 12.2. The molecule has 0 saturated heterocycles. The fourth-order valence-corrected chi connectivity index (χ4v) is 2.36. The number of hydrogen-bond acceptors (Lipinski definition) is 4. The number of rotatable bonds is 6. The second-order valence-electron chi connectivity index (χ2n) is 5.59. The van der Waals surface area contributed by atoms with Crippen molar-refractivity contribution in [3.8, 4) is 0 Å². The molecule has 1 aliphatic rings. The summed E-state index contributed by atoms with van der Waals surface area (Å²) in [6.45, 7) is 3.96. The van der Waals surface area contributed by atoms with Crippen molar-refractivity contribution in [1.29, 1.82) is 0 Å². The lowest BCUT2D eigenvalue weighted by molar-refractivity contribution is -0.121. The number of carbonyl (C=O) groups excluding carboxylic acids is 3. The van der Waals surface area contributed by atoms with Crippen molar-refractivity contribution in [2.45, 2.75) is 32.2 Å².